The molecular weight excluding hydrogens is 430 g/mol. The fraction of sp³-hybridized carbons (Fsp3) is 0.538. The minimum atomic E-state index is -1.06. The number of aromatic nitrogens is 2. The first-order chi connectivity index (χ1) is 16.2. The lowest BCUT2D eigenvalue weighted by molar-refractivity contribution is -0.133. The molecule has 0 saturated heterocycles. The lowest BCUT2D eigenvalue weighted by Gasteiger charge is -2.43. The van der Waals surface area contributed by atoms with Crippen LogP contribution in [-0.4, -0.2) is 50.5 Å². The summed E-state index contributed by atoms with van der Waals surface area (Å²) in [7, 11) is 0. The number of carbonyl (C=O) groups is 3. The van der Waals surface area contributed by atoms with Crippen LogP contribution in [0.25, 0.3) is 0 Å². The highest BCUT2D eigenvalue weighted by molar-refractivity contribution is 6.06. The Labute approximate surface area is 201 Å². The summed E-state index contributed by atoms with van der Waals surface area (Å²) in [5, 5.41) is 10.6. The van der Waals surface area contributed by atoms with Gasteiger partial charge in [-0.1, -0.05) is 44.4 Å². The Bertz CT molecular complexity index is 1080. The van der Waals surface area contributed by atoms with Gasteiger partial charge in [-0.25, -0.2) is 0 Å². The zero-order valence-electron chi connectivity index (χ0n) is 20.6. The van der Waals surface area contributed by atoms with E-state index in [2.05, 4.69) is 22.7 Å². The maximum atomic E-state index is 13.5. The molecule has 1 fully saturated rings. The monoisotopic (exact) mass is 465 g/mol. The molecule has 1 aliphatic heterocycles. The van der Waals surface area contributed by atoms with Gasteiger partial charge in [0.15, 0.2) is 5.69 Å². The van der Waals surface area contributed by atoms with E-state index in [-0.39, 0.29) is 36.0 Å². The van der Waals surface area contributed by atoms with Gasteiger partial charge in [-0.05, 0) is 51.2 Å². The first kappa shape index (κ1) is 24.0. The molecule has 8 nitrogen and oxygen atoms in total. The average molecular weight is 466 g/mol. The topological polar surface area (TPSA) is 96.3 Å². The normalized spacial score (nSPS) is 20.4. The van der Waals surface area contributed by atoms with Crippen LogP contribution < -0.4 is 10.6 Å². The lowest BCUT2D eigenvalue weighted by atomic mass is 9.94. The van der Waals surface area contributed by atoms with Gasteiger partial charge in [-0.2, -0.15) is 5.10 Å². The van der Waals surface area contributed by atoms with E-state index < -0.39 is 5.54 Å². The van der Waals surface area contributed by atoms with E-state index >= 15 is 0 Å². The van der Waals surface area contributed by atoms with E-state index in [0.717, 1.165) is 55.3 Å². The molecule has 8 heteroatoms. The van der Waals surface area contributed by atoms with E-state index in [1.165, 1.54) is 4.68 Å². The number of anilines is 1. The Morgan fingerprint density at radius 2 is 1.85 bits per heavy atom. The molecule has 0 radical (unpaired) electrons. The van der Waals surface area contributed by atoms with E-state index in [0.29, 0.717) is 12.2 Å². The Hall–Kier alpha value is -3.16. The molecule has 2 heterocycles. The predicted octanol–water partition coefficient (Wildman–Crippen LogP) is 3.83. The van der Waals surface area contributed by atoms with Gasteiger partial charge in [0.05, 0.1) is 6.54 Å². The van der Waals surface area contributed by atoms with Crippen molar-refractivity contribution in [2.45, 2.75) is 84.3 Å². The van der Waals surface area contributed by atoms with E-state index in [4.69, 9.17) is 0 Å². The van der Waals surface area contributed by atoms with Crippen molar-refractivity contribution < 1.29 is 14.4 Å². The summed E-state index contributed by atoms with van der Waals surface area (Å²) in [6, 6.07) is 7.51. The third-order valence-electron chi connectivity index (χ3n) is 7.16. The Morgan fingerprint density at radius 3 is 2.50 bits per heavy atom. The fourth-order valence-electron chi connectivity index (χ4n) is 5.02. The second kappa shape index (κ2) is 9.60. The van der Waals surface area contributed by atoms with Gasteiger partial charge >= 0.3 is 0 Å². The number of amides is 3. The summed E-state index contributed by atoms with van der Waals surface area (Å²) in [6.45, 7) is 8.44. The first-order valence-electron chi connectivity index (χ1n) is 12.3. The molecule has 34 heavy (non-hydrogen) atoms. The van der Waals surface area contributed by atoms with Crippen molar-refractivity contribution in [3.63, 3.8) is 0 Å². The first-order valence-corrected chi connectivity index (χ1v) is 12.3. The maximum Gasteiger partial charge on any atom is 0.276 e. The standard InChI is InChI=1S/C26H35N5O3/c1-5-6-14-30-24(33)21-15-20(23(32)28-22-17(2)10-9-11-18(22)3)29-31(21)16-26(30,4)25(34)27-19-12-7-8-13-19/h9-11,15,19H,5-8,12-14,16H2,1-4H3,(H,27,34)(H,28,32)/t26-/m1/s1. The molecule has 0 bridgehead atoms. The van der Waals surface area contributed by atoms with Crippen LogP contribution in [0.1, 0.15) is 84.5 Å². The number of fused-ring (bicyclic) bond motifs is 1. The van der Waals surface area contributed by atoms with Crippen molar-refractivity contribution >= 4 is 23.4 Å². The van der Waals surface area contributed by atoms with Crippen LogP contribution in [-0.2, 0) is 11.3 Å². The van der Waals surface area contributed by atoms with Gasteiger partial charge in [0.25, 0.3) is 11.8 Å². The lowest BCUT2D eigenvalue weighted by Crippen LogP contribution is -2.65. The molecule has 1 saturated carbocycles. The van der Waals surface area contributed by atoms with Crippen molar-refractivity contribution in [3.05, 3.63) is 46.8 Å². The summed E-state index contributed by atoms with van der Waals surface area (Å²) < 4.78 is 1.53. The van der Waals surface area contributed by atoms with E-state index in [9.17, 15) is 14.4 Å². The van der Waals surface area contributed by atoms with Crippen molar-refractivity contribution in [1.29, 1.82) is 0 Å². The highest BCUT2D eigenvalue weighted by Gasteiger charge is 2.48. The molecule has 2 aliphatic rings. The highest BCUT2D eigenvalue weighted by Crippen LogP contribution is 2.30. The Kier molecular flexibility index (Phi) is 6.77. The number of rotatable bonds is 7. The molecule has 1 aromatic heterocycles. The summed E-state index contributed by atoms with van der Waals surface area (Å²) in [5.41, 5.74) is 2.10. The molecule has 0 unspecified atom stereocenters. The molecule has 182 valence electrons. The number of hydrogen-bond donors (Lipinski definition) is 2. The number of para-hydroxylation sites is 1. The van der Waals surface area contributed by atoms with Crippen LogP contribution >= 0.6 is 0 Å². The van der Waals surface area contributed by atoms with Crippen molar-refractivity contribution in [1.82, 2.24) is 20.0 Å². The molecule has 1 aromatic carbocycles. The number of carbonyl (C=O) groups excluding carboxylic acids is 3. The quantitative estimate of drug-likeness (QED) is 0.650. The number of nitrogens with one attached hydrogen (secondary N) is 2. The molecule has 3 amide bonds. The number of hydrogen-bond acceptors (Lipinski definition) is 4. The molecule has 1 atom stereocenters. The smallest absolute Gasteiger partial charge is 0.276 e. The van der Waals surface area contributed by atoms with Crippen LogP contribution in [0.5, 0.6) is 0 Å². The number of nitrogens with zero attached hydrogens (tertiary/aromatic N) is 3. The zero-order chi connectivity index (χ0) is 24.5. The van der Waals surface area contributed by atoms with Gasteiger partial charge in [0, 0.05) is 24.3 Å². The molecule has 4 rings (SSSR count). The van der Waals surface area contributed by atoms with Gasteiger partial charge in [-0.15, -0.1) is 0 Å². The van der Waals surface area contributed by atoms with E-state index in [1.807, 2.05) is 39.0 Å². The number of unbranched alkanes of at least 4 members (excludes halogenated alkanes) is 1. The van der Waals surface area contributed by atoms with Gasteiger partial charge in [0.2, 0.25) is 5.91 Å². The molecule has 0 spiro atoms. The summed E-state index contributed by atoms with van der Waals surface area (Å²) >= 11 is 0. The third kappa shape index (κ3) is 4.45. The van der Waals surface area contributed by atoms with Crippen LogP contribution in [0.2, 0.25) is 0 Å². The van der Waals surface area contributed by atoms with Crippen LogP contribution in [0.15, 0.2) is 24.3 Å². The molecular formula is C26H35N5O3. The Morgan fingerprint density at radius 1 is 1.18 bits per heavy atom. The number of aryl methyl sites for hydroxylation is 2. The van der Waals surface area contributed by atoms with Gasteiger partial charge < -0.3 is 15.5 Å². The average Bonchev–Trinajstić information content (AvgIpc) is 3.46. The summed E-state index contributed by atoms with van der Waals surface area (Å²) in [6.07, 6.45) is 5.88. The van der Waals surface area contributed by atoms with Crippen molar-refractivity contribution in [2.24, 2.45) is 0 Å². The minimum Gasteiger partial charge on any atom is -0.351 e. The zero-order valence-corrected chi connectivity index (χ0v) is 20.6. The summed E-state index contributed by atoms with van der Waals surface area (Å²) in [5.74, 6) is -0.779. The summed E-state index contributed by atoms with van der Waals surface area (Å²) in [4.78, 5) is 41.7. The van der Waals surface area contributed by atoms with Crippen molar-refractivity contribution in [3.8, 4) is 0 Å². The SMILES string of the molecule is CCCCN1C(=O)c2cc(C(=O)Nc3c(C)cccc3C)nn2C[C@]1(C)C(=O)NC1CCCC1. The van der Waals surface area contributed by atoms with Crippen molar-refractivity contribution in [2.75, 3.05) is 11.9 Å². The van der Waals surface area contributed by atoms with Crippen LogP contribution in [0, 0.1) is 13.8 Å². The minimum absolute atomic E-state index is 0.147. The number of benzene rings is 1. The van der Waals surface area contributed by atoms with Gasteiger partial charge in [-0.3, -0.25) is 19.1 Å². The fourth-order valence-corrected chi connectivity index (χ4v) is 5.02. The van der Waals surface area contributed by atoms with Crippen LogP contribution in [0.3, 0.4) is 0 Å². The molecule has 2 aromatic rings. The highest BCUT2D eigenvalue weighted by atomic mass is 16.2. The molecule has 1 aliphatic carbocycles. The largest absolute Gasteiger partial charge is 0.351 e. The third-order valence-corrected chi connectivity index (χ3v) is 7.16. The van der Waals surface area contributed by atoms with Crippen LogP contribution in [0.4, 0.5) is 5.69 Å². The molecule has 2 N–H and O–H groups in total. The second-order valence-electron chi connectivity index (χ2n) is 9.83. The van der Waals surface area contributed by atoms with E-state index in [1.54, 1.807) is 11.0 Å². The maximum absolute atomic E-state index is 13.5. The second-order valence-corrected chi connectivity index (χ2v) is 9.83. The Balaban J connectivity index is 1.62. The van der Waals surface area contributed by atoms with Gasteiger partial charge in [0.1, 0.15) is 11.2 Å². The predicted molar refractivity (Wildman–Crippen MR) is 131 cm³/mol.